The average molecular weight is 276 g/mol. The molecule has 1 aliphatic rings. The van der Waals surface area contributed by atoms with E-state index in [9.17, 15) is 4.79 Å². The van der Waals surface area contributed by atoms with Crippen LogP contribution in [0.4, 0.5) is 4.79 Å². The molecule has 2 N–H and O–H groups in total. The minimum absolute atomic E-state index is 0.241. The standard InChI is InChI=1S/C16H24N2O2/c1-16(2,3)20-15(19)18-10-13(9-17)14(11-18)12-7-5-4-6-8-12/h4-8,13-14H,9-11,17H2,1-3H3/t13-,14-/m1/s1. The Balaban J connectivity index is 2.08. The van der Waals surface area contributed by atoms with Crippen LogP contribution in [0.2, 0.25) is 0 Å². The summed E-state index contributed by atoms with van der Waals surface area (Å²) >= 11 is 0. The molecule has 0 bridgehead atoms. The fraction of sp³-hybridized carbons (Fsp3) is 0.562. The number of benzene rings is 1. The van der Waals surface area contributed by atoms with Crippen molar-refractivity contribution in [2.45, 2.75) is 32.3 Å². The van der Waals surface area contributed by atoms with Gasteiger partial charge in [0.25, 0.3) is 0 Å². The van der Waals surface area contributed by atoms with Crippen LogP contribution in [0.5, 0.6) is 0 Å². The molecule has 20 heavy (non-hydrogen) atoms. The molecule has 0 spiro atoms. The van der Waals surface area contributed by atoms with Crippen LogP contribution in [0.15, 0.2) is 30.3 Å². The maximum absolute atomic E-state index is 12.2. The molecule has 4 nitrogen and oxygen atoms in total. The molecule has 1 heterocycles. The van der Waals surface area contributed by atoms with Crippen LogP contribution in [0.1, 0.15) is 32.3 Å². The third kappa shape index (κ3) is 3.51. The molecular weight excluding hydrogens is 252 g/mol. The molecule has 4 heteroatoms. The Morgan fingerprint density at radius 1 is 1.30 bits per heavy atom. The van der Waals surface area contributed by atoms with E-state index in [1.165, 1.54) is 5.56 Å². The smallest absolute Gasteiger partial charge is 0.410 e. The van der Waals surface area contributed by atoms with Crippen molar-refractivity contribution in [2.24, 2.45) is 11.7 Å². The molecule has 0 aliphatic carbocycles. The number of ether oxygens (including phenoxy) is 1. The largest absolute Gasteiger partial charge is 0.444 e. The second-order valence-corrected chi connectivity index (χ2v) is 6.40. The lowest BCUT2D eigenvalue weighted by atomic mass is 9.89. The van der Waals surface area contributed by atoms with Gasteiger partial charge in [0.15, 0.2) is 0 Å². The lowest BCUT2D eigenvalue weighted by molar-refractivity contribution is 0.0287. The highest BCUT2D eigenvalue weighted by atomic mass is 16.6. The number of rotatable bonds is 2. The lowest BCUT2D eigenvalue weighted by Crippen LogP contribution is -2.35. The van der Waals surface area contributed by atoms with Crippen molar-refractivity contribution < 1.29 is 9.53 Å². The minimum atomic E-state index is -0.458. The normalized spacial score (nSPS) is 22.9. The quantitative estimate of drug-likeness (QED) is 0.903. The molecule has 1 amide bonds. The monoisotopic (exact) mass is 276 g/mol. The lowest BCUT2D eigenvalue weighted by Gasteiger charge is -2.24. The first-order valence-electron chi connectivity index (χ1n) is 7.13. The van der Waals surface area contributed by atoms with Gasteiger partial charge in [0.1, 0.15) is 5.60 Å². The van der Waals surface area contributed by atoms with Gasteiger partial charge in [0, 0.05) is 19.0 Å². The van der Waals surface area contributed by atoms with E-state index in [0.717, 1.165) is 0 Å². The third-order valence-electron chi connectivity index (χ3n) is 3.62. The first kappa shape index (κ1) is 14.9. The van der Waals surface area contributed by atoms with Crippen LogP contribution in [0.25, 0.3) is 0 Å². The van der Waals surface area contributed by atoms with Crippen molar-refractivity contribution in [1.82, 2.24) is 4.90 Å². The van der Waals surface area contributed by atoms with E-state index in [1.54, 1.807) is 4.90 Å². The Bertz CT molecular complexity index is 453. The zero-order valence-electron chi connectivity index (χ0n) is 12.5. The fourth-order valence-electron chi connectivity index (χ4n) is 2.66. The molecule has 0 aromatic heterocycles. The van der Waals surface area contributed by atoms with Crippen LogP contribution in [-0.4, -0.2) is 36.2 Å². The van der Waals surface area contributed by atoms with Crippen LogP contribution < -0.4 is 5.73 Å². The Labute approximate surface area is 120 Å². The van der Waals surface area contributed by atoms with E-state index < -0.39 is 5.60 Å². The highest BCUT2D eigenvalue weighted by Crippen LogP contribution is 2.32. The number of carbonyl (C=O) groups excluding carboxylic acids is 1. The molecule has 1 saturated heterocycles. The maximum atomic E-state index is 12.2. The number of amides is 1. The maximum Gasteiger partial charge on any atom is 0.410 e. The van der Waals surface area contributed by atoms with Gasteiger partial charge in [-0.2, -0.15) is 0 Å². The molecule has 2 atom stereocenters. The molecule has 1 aromatic rings. The van der Waals surface area contributed by atoms with Crippen molar-refractivity contribution in [3.05, 3.63) is 35.9 Å². The summed E-state index contributed by atoms with van der Waals surface area (Å²) in [5.41, 5.74) is 6.66. The highest BCUT2D eigenvalue weighted by molar-refractivity contribution is 5.68. The van der Waals surface area contributed by atoms with Gasteiger partial charge in [0.05, 0.1) is 0 Å². The van der Waals surface area contributed by atoms with Crippen LogP contribution in [0.3, 0.4) is 0 Å². The summed E-state index contributed by atoms with van der Waals surface area (Å²) in [6, 6.07) is 10.3. The van der Waals surface area contributed by atoms with Crippen molar-refractivity contribution in [2.75, 3.05) is 19.6 Å². The summed E-state index contributed by atoms with van der Waals surface area (Å²) in [6.07, 6.45) is -0.241. The van der Waals surface area contributed by atoms with E-state index >= 15 is 0 Å². The molecule has 0 saturated carbocycles. The van der Waals surface area contributed by atoms with Gasteiger partial charge in [0.2, 0.25) is 0 Å². The van der Waals surface area contributed by atoms with E-state index in [4.69, 9.17) is 10.5 Å². The third-order valence-corrected chi connectivity index (χ3v) is 3.62. The second kappa shape index (κ2) is 5.83. The summed E-state index contributed by atoms with van der Waals surface area (Å²) < 4.78 is 5.44. The topological polar surface area (TPSA) is 55.6 Å². The van der Waals surface area contributed by atoms with E-state index in [1.807, 2.05) is 39.0 Å². The summed E-state index contributed by atoms with van der Waals surface area (Å²) in [6.45, 7) is 7.59. The molecular formula is C16H24N2O2. The molecule has 1 fully saturated rings. The Morgan fingerprint density at radius 2 is 1.95 bits per heavy atom. The summed E-state index contributed by atoms with van der Waals surface area (Å²) in [5.74, 6) is 0.596. The predicted molar refractivity (Wildman–Crippen MR) is 79.5 cm³/mol. The number of hydrogen-bond acceptors (Lipinski definition) is 3. The summed E-state index contributed by atoms with van der Waals surface area (Å²) in [5, 5.41) is 0. The van der Waals surface area contributed by atoms with Gasteiger partial charge >= 0.3 is 6.09 Å². The highest BCUT2D eigenvalue weighted by Gasteiger charge is 2.36. The van der Waals surface area contributed by atoms with Gasteiger partial charge < -0.3 is 15.4 Å². The van der Waals surface area contributed by atoms with Crippen molar-refractivity contribution in [1.29, 1.82) is 0 Å². The van der Waals surface area contributed by atoms with Crippen LogP contribution >= 0.6 is 0 Å². The van der Waals surface area contributed by atoms with Gasteiger partial charge in [-0.25, -0.2) is 4.79 Å². The molecule has 1 aromatic carbocycles. The van der Waals surface area contributed by atoms with E-state index in [-0.39, 0.29) is 6.09 Å². The number of hydrogen-bond donors (Lipinski definition) is 1. The first-order valence-corrected chi connectivity index (χ1v) is 7.13. The van der Waals surface area contributed by atoms with Gasteiger partial charge in [-0.05, 0) is 38.8 Å². The Morgan fingerprint density at radius 3 is 2.50 bits per heavy atom. The molecule has 110 valence electrons. The Kier molecular flexibility index (Phi) is 4.33. The molecule has 0 radical (unpaired) electrons. The van der Waals surface area contributed by atoms with Crippen molar-refractivity contribution in [3.8, 4) is 0 Å². The van der Waals surface area contributed by atoms with Crippen molar-refractivity contribution in [3.63, 3.8) is 0 Å². The van der Waals surface area contributed by atoms with Crippen LogP contribution in [0, 0.1) is 5.92 Å². The average Bonchev–Trinajstić information content (AvgIpc) is 2.82. The predicted octanol–water partition coefficient (Wildman–Crippen LogP) is 2.60. The van der Waals surface area contributed by atoms with E-state index in [2.05, 4.69) is 12.1 Å². The molecule has 0 unspecified atom stereocenters. The van der Waals surface area contributed by atoms with Gasteiger partial charge in [-0.1, -0.05) is 30.3 Å². The number of nitrogens with zero attached hydrogens (tertiary/aromatic N) is 1. The van der Waals surface area contributed by atoms with E-state index in [0.29, 0.717) is 31.5 Å². The number of likely N-dealkylation sites (tertiary alicyclic amines) is 1. The number of carbonyl (C=O) groups is 1. The zero-order valence-corrected chi connectivity index (χ0v) is 12.5. The molecule has 2 rings (SSSR count). The van der Waals surface area contributed by atoms with Crippen LogP contribution in [-0.2, 0) is 4.74 Å². The van der Waals surface area contributed by atoms with Gasteiger partial charge in [-0.15, -0.1) is 0 Å². The second-order valence-electron chi connectivity index (χ2n) is 6.40. The summed E-state index contributed by atoms with van der Waals surface area (Å²) in [4.78, 5) is 13.9. The SMILES string of the molecule is CC(C)(C)OC(=O)N1C[C@@H](CN)[C@@H](c2ccccc2)C1. The minimum Gasteiger partial charge on any atom is -0.444 e. The zero-order chi connectivity index (χ0) is 14.8. The molecule has 1 aliphatic heterocycles. The van der Waals surface area contributed by atoms with Gasteiger partial charge in [-0.3, -0.25) is 0 Å². The number of nitrogens with two attached hydrogens (primary N) is 1. The fourth-order valence-corrected chi connectivity index (χ4v) is 2.66. The Hall–Kier alpha value is -1.55. The van der Waals surface area contributed by atoms with Crippen molar-refractivity contribution >= 4 is 6.09 Å². The summed E-state index contributed by atoms with van der Waals surface area (Å²) in [7, 11) is 0. The first-order chi connectivity index (χ1) is 9.40.